The quantitative estimate of drug-likeness (QED) is 0.734. The van der Waals surface area contributed by atoms with Gasteiger partial charge in [0.05, 0.1) is 5.39 Å². The molecule has 0 aliphatic carbocycles. The lowest BCUT2D eigenvalue weighted by molar-refractivity contribution is 0.590. The molecule has 2 heterocycles. The van der Waals surface area contributed by atoms with E-state index in [-0.39, 0.29) is 10.8 Å². The highest BCUT2D eigenvalue weighted by atomic mass is 16.1. The van der Waals surface area contributed by atoms with Crippen LogP contribution in [-0.4, -0.2) is 9.97 Å². The Morgan fingerprint density at radius 2 is 1.76 bits per heavy atom. The minimum atomic E-state index is 0.0142. The van der Waals surface area contributed by atoms with Gasteiger partial charge in [-0.2, -0.15) is 0 Å². The predicted octanol–water partition coefficient (Wildman–Crippen LogP) is 3.89. The number of pyridine rings is 2. The number of benzene rings is 1. The van der Waals surface area contributed by atoms with Crippen molar-refractivity contribution in [2.45, 2.75) is 26.2 Å². The van der Waals surface area contributed by atoms with Gasteiger partial charge in [-0.25, -0.2) is 4.98 Å². The molecule has 0 spiro atoms. The van der Waals surface area contributed by atoms with Gasteiger partial charge in [-0.15, -0.1) is 0 Å². The van der Waals surface area contributed by atoms with Crippen LogP contribution in [0.1, 0.15) is 26.3 Å². The molecule has 21 heavy (non-hydrogen) atoms. The highest BCUT2D eigenvalue weighted by Crippen LogP contribution is 2.25. The van der Waals surface area contributed by atoms with Gasteiger partial charge in [-0.05, 0) is 28.7 Å². The summed E-state index contributed by atoms with van der Waals surface area (Å²) in [7, 11) is 0. The van der Waals surface area contributed by atoms with Crippen molar-refractivity contribution in [1.29, 1.82) is 0 Å². The molecule has 0 saturated heterocycles. The van der Waals surface area contributed by atoms with Gasteiger partial charge >= 0.3 is 0 Å². The van der Waals surface area contributed by atoms with Crippen LogP contribution in [0.25, 0.3) is 22.2 Å². The summed E-state index contributed by atoms with van der Waals surface area (Å²) in [4.78, 5) is 19.8. The Labute approximate surface area is 123 Å². The number of aromatic amines is 1. The molecule has 3 nitrogen and oxygen atoms in total. The zero-order chi connectivity index (χ0) is 15.0. The normalized spacial score (nSPS) is 11.8. The van der Waals surface area contributed by atoms with E-state index in [0.29, 0.717) is 16.6 Å². The molecular formula is C18H18N2O. The minimum Gasteiger partial charge on any atom is -0.345 e. The summed E-state index contributed by atoms with van der Waals surface area (Å²) in [6.07, 6.45) is 3.42. The van der Waals surface area contributed by atoms with Gasteiger partial charge < -0.3 is 4.98 Å². The van der Waals surface area contributed by atoms with Crippen LogP contribution in [0.2, 0.25) is 0 Å². The molecule has 0 radical (unpaired) electrons. The van der Waals surface area contributed by atoms with Gasteiger partial charge in [0.25, 0.3) is 0 Å². The molecule has 0 bridgehead atoms. The van der Waals surface area contributed by atoms with Gasteiger partial charge in [-0.3, -0.25) is 4.79 Å². The summed E-state index contributed by atoms with van der Waals surface area (Å²) in [5.74, 6) is 0. The van der Waals surface area contributed by atoms with E-state index in [4.69, 9.17) is 0 Å². The van der Waals surface area contributed by atoms with E-state index >= 15 is 0 Å². The second-order valence-electron chi connectivity index (χ2n) is 6.26. The molecular weight excluding hydrogens is 260 g/mol. The van der Waals surface area contributed by atoms with Gasteiger partial charge in [0, 0.05) is 18.0 Å². The smallest absolute Gasteiger partial charge is 0.198 e. The molecule has 106 valence electrons. The van der Waals surface area contributed by atoms with E-state index in [2.05, 4.69) is 42.9 Å². The van der Waals surface area contributed by atoms with Crippen LogP contribution in [0.4, 0.5) is 0 Å². The number of aromatic nitrogens is 2. The lowest BCUT2D eigenvalue weighted by atomic mass is 9.86. The van der Waals surface area contributed by atoms with Crippen LogP contribution < -0.4 is 5.43 Å². The highest BCUT2D eigenvalue weighted by Gasteiger charge is 2.14. The standard InChI is InChI=1S/C18H18N2O/c1-18(2,3)13-8-6-12(7-9-13)15-11-20-17-14(16(15)21)5-4-10-19-17/h4-11H,1-3H3,(H,19,20,21). The summed E-state index contributed by atoms with van der Waals surface area (Å²) in [6, 6.07) is 11.8. The maximum Gasteiger partial charge on any atom is 0.198 e. The topological polar surface area (TPSA) is 45.8 Å². The Bertz CT molecular complexity index is 839. The first-order chi connectivity index (χ1) is 9.97. The molecule has 0 aliphatic rings. The fourth-order valence-corrected chi connectivity index (χ4v) is 2.42. The largest absolute Gasteiger partial charge is 0.345 e. The lowest BCUT2D eigenvalue weighted by Gasteiger charge is -2.19. The second-order valence-corrected chi connectivity index (χ2v) is 6.26. The second kappa shape index (κ2) is 4.85. The first-order valence-corrected chi connectivity index (χ1v) is 7.04. The minimum absolute atomic E-state index is 0.0142. The van der Waals surface area contributed by atoms with Crippen LogP contribution in [0.5, 0.6) is 0 Å². The molecule has 2 aromatic heterocycles. The molecule has 0 fully saturated rings. The van der Waals surface area contributed by atoms with Crippen molar-refractivity contribution in [1.82, 2.24) is 9.97 Å². The van der Waals surface area contributed by atoms with Crippen LogP contribution in [-0.2, 0) is 5.41 Å². The summed E-state index contributed by atoms with van der Waals surface area (Å²) in [5, 5.41) is 0.620. The van der Waals surface area contributed by atoms with E-state index in [1.54, 1.807) is 24.5 Å². The average molecular weight is 278 g/mol. The molecule has 0 saturated carbocycles. The zero-order valence-electron chi connectivity index (χ0n) is 12.5. The average Bonchev–Trinajstić information content (AvgIpc) is 2.47. The maximum atomic E-state index is 12.6. The molecule has 1 N–H and O–H groups in total. The number of rotatable bonds is 1. The van der Waals surface area contributed by atoms with Gasteiger partial charge in [0.1, 0.15) is 5.65 Å². The van der Waals surface area contributed by atoms with Gasteiger partial charge in [0.2, 0.25) is 0 Å². The van der Waals surface area contributed by atoms with Crippen molar-refractivity contribution in [3.63, 3.8) is 0 Å². The van der Waals surface area contributed by atoms with Crippen molar-refractivity contribution < 1.29 is 0 Å². The number of fused-ring (bicyclic) bond motifs is 1. The number of hydrogen-bond donors (Lipinski definition) is 1. The Hall–Kier alpha value is -2.42. The Morgan fingerprint density at radius 3 is 2.43 bits per heavy atom. The molecule has 0 unspecified atom stereocenters. The summed E-state index contributed by atoms with van der Waals surface area (Å²) >= 11 is 0. The van der Waals surface area contributed by atoms with Crippen molar-refractivity contribution in [2.75, 3.05) is 0 Å². The lowest BCUT2D eigenvalue weighted by Crippen LogP contribution is -2.11. The molecule has 1 aromatic carbocycles. The third-order valence-electron chi connectivity index (χ3n) is 3.71. The number of H-pyrrole nitrogens is 1. The van der Waals surface area contributed by atoms with Crippen molar-refractivity contribution in [2.24, 2.45) is 0 Å². The highest BCUT2D eigenvalue weighted by molar-refractivity contribution is 5.80. The first-order valence-electron chi connectivity index (χ1n) is 7.04. The summed E-state index contributed by atoms with van der Waals surface area (Å²) in [5.41, 5.74) is 3.60. The third-order valence-corrected chi connectivity index (χ3v) is 3.71. The van der Waals surface area contributed by atoms with E-state index in [0.717, 1.165) is 5.56 Å². The maximum absolute atomic E-state index is 12.6. The van der Waals surface area contributed by atoms with Crippen molar-refractivity contribution >= 4 is 11.0 Å². The van der Waals surface area contributed by atoms with Gasteiger partial charge in [0.15, 0.2) is 5.43 Å². The van der Waals surface area contributed by atoms with Crippen LogP contribution in [0.3, 0.4) is 0 Å². The molecule has 0 amide bonds. The van der Waals surface area contributed by atoms with Crippen molar-refractivity contribution in [3.05, 3.63) is 64.6 Å². The SMILES string of the molecule is CC(C)(C)c1ccc(-c2c[nH]c3ncccc3c2=O)cc1. The third kappa shape index (κ3) is 2.47. The van der Waals surface area contributed by atoms with E-state index < -0.39 is 0 Å². The summed E-state index contributed by atoms with van der Waals surface area (Å²) in [6.45, 7) is 6.53. The first kappa shape index (κ1) is 13.6. The van der Waals surface area contributed by atoms with Crippen LogP contribution in [0.15, 0.2) is 53.6 Å². The van der Waals surface area contributed by atoms with Gasteiger partial charge in [-0.1, -0.05) is 45.0 Å². The Balaban J connectivity index is 2.13. The molecule has 3 heteroatoms. The predicted molar refractivity (Wildman–Crippen MR) is 86.5 cm³/mol. The molecule has 3 rings (SSSR count). The van der Waals surface area contributed by atoms with E-state index in [9.17, 15) is 4.79 Å². The van der Waals surface area contributed by atoms with Crippen LogP contribution in [0, 0.1) is 0 Å². The van der Waals surface area contributed by atoms with Crippen molar-refractivity contribution in [3.8, 4) is 11.1 Å². The number of nitrogens with one attached hydrogen (secondary N) is 1. The fraction of sp³-hybridized carbons (Fsp3) is 0.222. The molecule has 0 atom stereocenters. The fourth-order valence-electron chi connectivity index (χ4n) is 2.42. The summed E-state index contributed by atoms with van der Waals surface area (Å²) < 4.78 is 0. The van der Waals surface area contributed by atoms with Crippen LogP contribution >= 0.6 is 0 Å². The number of hydrogen-bond acceptors (Lipinski definition) is 2. The Morgan fingerprint density at radius 1 is 1.05 bits per heavy atom. The number of nitrogens with zero attached hydrogens (tertiary/aromatic N) is 1. The molecule has 3 aromatic rings. The Kier molecular flexibility index (Phi) is 3.13. The van der Waals surface area contributed by atoms with E-state index in [1.807, 2.05) is 12.1 Å². The monoisotopic (exact) mass is 278 g/mol. The zero-order valence-corrected chi connectivity index (χ0v) is 12.5. The molecule has 0 aliphatic heterocycles. The van der Waals surface area contributed by atoms with E-state index in [1.165, 1.54) is 5.56 Å².